The number of rotatable bonds is 3. The number of benzene rings is 2. The number of hydrazone groups is 1. The number of hydrogen-bond acceptors (Lipinski definition) is 3. The van der Waals surface area contributed by atoms with Crippen LogP contribution >= 0.6 is 11.6 Å². The molecule has 1 heterocycles. The average molecular weight is 371 g/mol. The van der Waals surface area contributed by atoms with Crippen molar-refractivity contribution in [2.24, 2.45) is 5.10 Å². The molecule has 0 N–H and O–H groups in total. The predicted octanol–water partition coefficient (Wildman–Crippen LogP) is 5.12. The second-order valence-electron chi connectivity index (χ2n) is 7.29. The zero-order valence-electron chi connectivity index (χ0n) is 15.3. The smallest absolute Gasteiger partial charge is 0.276 e. The second kappa shape index (κ2) is 7.60. The third-order valence-electron chi connectivity index (χ3n) is 4.03. The van der Waals surface area contributed by atoms with Crippen LogP contribution in [0.1, 0.15) is 49.5 Å². The monoisotopic (exact) mass is 370 g/mol. The Hall–Kier alpha value is -2.17. The molecule has 0 bridgehead atoms. The van der Waals surface area contributed by atoms with E-state index in [1.807, 2.05) is 63.2 Å². The second-order valence-corrected chi connectivity index (χ2v) is 7.73. The number of halogens is 1. The zero-order valence-corrected chi connectivity index (χ0v) is 16.0. The average Bonchev–Trinajstić information content (AvgIpc) is 2.62. The molecule has 0 radical (unpaired) electrons. The van der Waals surface area contributed by atoms with Crippen LogP contribution in [0.5, 0.6) is 0 Å². The molecule has 0 aromatic heterocycles. The summed E-state index contributed by atoms with van der Waals surface area (Å²) in [6, 6.07) is 16.7. The van der Waals surface area contributed by atoms with Gasteiger partial charge in [0.15, 0.2) is 6.23 Å². The molecular weight excluding hydrogens is 348 g/mol. The van der Waals surface area contributed by atoms with E-state index in [-0.39, 0.29) is 11.5 Å². The fraction of sp³-hybridized carbons (Fsp3) is 0.333. The molecule has 0 unspecified atom stereocenters. The van der Waals surface area contributed by atoms with Crippen molar-refractivity contribution in [3.63, 3.8) is 0 Å². The van der Waals surface area contributed by atoms with Gasteiger partial charge in [-0.05, 0) is 63.4 Å². The van der Waals surface area contributed by atoms with Crippen LogP contribution in [0, 0.1) is 0 Å². The number of carbonyl (C=O) groups excluding carboxylic acids is 1. The van der Waals surface area contributed by atoms with Crippen LogP contribution in [0.3, 0.4) is 0 Å². The third-order valence-corrected chi connectivity index (χ3v) is 4.28. The summed E-state index contributed by atoms with van der Waals surface area (Å²) in [5, 5.41) is 6.81. The van der Waals surface area contributed by atoms with Crippen molar-refractivity contribution in [2.75, 3.05) is 0 Å². The summed E-state index contributed by atoms with van der Waals surface area (Å²) < 4.78 is 6.11. The van der Waals surface area contributed by atoms with Crippen molar-refractivity contribution in [1.82, 2.24) is 5.01 Å². The van der Waals surface area contributed by atoms with Gasteiger partial charge in [0.1, 0.15) is 0 Å². The zero-order chi connectivity index (χ0) is 18.7. The number of hydrogen-bond donors (Lipinski definition) is 0. The SMILES string of the molecule is CC(C)(C)O[C@@H]1CCC(c2ccc(Cl)cc2)=NN1C(=O)c1ccccc1. The molecule has 0 saturated carbocycles. The molecule has 1 aliphatic heterocycles. The molecule has 0 aliphatic carbocycles. The van der Waals surface area contributed by atoms with Gasteiger partial charge in [0.05, 0.1) is 11.3 Å². The summed E-state index contributed by atoms with van der Waals surface area (Å²) in [6.45, 7) is 5.95. The van der Waals surface area contributed by atoms with Gasteiger partial charge in [-0.1, -0.05) is 41.9 Å². The van der Waals surface area contributed by atoms with E-state index < -0.39 is 6.23 Å². The molecule has 3 rings (SSSR count). The Morgan fingerprint density at radius 1 is 1.12 bits per heavy atom. The van der Waals surface area contributed by atoms with Crippen LogP contribution in [0.2, 0.25) is 5.02 Å². The van der Waals surface area contributed by atoms with Gasteiger partial charge in [-0.3, -0.25) is 4.79 Å². The van der Waals surface area contributed by atoms with Crippen molar-refractivity contribution in [3.05, 3.63) is 70.7 Å². The first-order valence-corrected chi connectivity index (χ1v) is 9.11. The number of carbonyl (C=O) groups is 1. The van der Waals surface area contributed by atoms with E-state index in [0.717, 1.165) is 17.7 Å². The molecule has 2 aromatic carbocycles. The molecule has 5 heteroatoms. The van der Waals surface area contributed by atoms with Crippen LogP contribution in [-0.2, 0) is 4.74 Å². The molecule has 0 saturated heterocycles. The minimum absolute atomic E-state index is 0.161. The predicted molar refractivity (Wildman–Crippen MR) is 104 cm³/mol. The molecule has 4 nitrogen and oxygen atoms in total. The van der Waals surface area contributed by atoms with Crippen molar-refractivity contribution in [3.8, 4) is 0 Å². The van der Waals surface area contributed by atoms with E-state index in [1.54, 1.807) is 12.1 Å². The Morgan fingerprint density at radius 3 is 2.38 bits per heavy atom. The fourth-order valence-corrected chi connectivity index (χ4v) is 3.00. The van der Waals surface area contributed by atoms with E-state index in [0.29, 0.717) is 17.0 Å². The molecule has 26 heavy (non-hydrogen) atoms. The van der Waals surface area contributed by atoms with Gasteiger partial charge in [-0.2, -0.15) is 5.10 Å². The lowest BCUT2D eigenvalue weighted by Gasteiger charge is -2.36. The molecule has 1 atom stereocenters. The highest BCUT2D eigenvalue weighted by Gasteiger charge is 2.33. The lowest BCUT2D eigenvalue weighted by atomic mass is 10.0. The maximum absolute atomic E-state index is 13.0. The van der Waals surface area contributed by atoms with Crippen molar-refractivity contribution in [2.45, 2.75) is 45.4 Å². The van der Waals surface area contributed by atoms with Crippen molar-refractivity contribution in [1.29, 1.82) is 0 Å². The first kappa shape index (κ1) is 18.6. The Morgan fingerprint density at radius 2 is 1.77 bits per heavy atom. The van der Waals surface area contributed by atoms with Gasteiger partial charge in [0.2, 0.25) is 0 Å². The van der Waals surface area contributed by atoms with Crippen LogP contribution in [0.25, 0.3) is 0 Å². The molecule has 1 amide bonds. The first-order valence-electron chi connectivity index (χ1n) is 8.73. The fourth-order valence-electron chi connectivity index (χ4n) is 2.88. The summed E-state index contributed by atoms with van der Waals surface area (Å²) in [4.78, 5) is 13.0. The van der Waals surface area contributed by atoms with E-state index in [4.69, 9.17) is 16.3 Å². The quantitative estimate of drug-likeness (QED) is 0.752. The highest BCUT2D eigenvalue weighted by molar-refractivity contribution is 6.30. The minimum atomic E-state index is -0.390. The number of ether oxygens (including phenoxy) is 1. The molecule has 0 spiro atoms. The summed E-state index contributed by atoms with van der Waals surface area (Å²) in [5.41, 5.74) is 2.05. The number of amides is 1. The molecular formula is C21H23ClN2O2. The van der Waals surface area contributed by atoms with E-state index in [1.165, 1.54) is 5.01 Å². The van der Waals surface area contributed by atoms with E-state index in [9.17, 15) is 4.79 Å². The number of nitrogens with zero attached hydrogens (tertiary/aromatic N) is 2. The lowest BCUT2D eigenvalue weighted by molar-refractivity contribution is -0.124. The summed E-state index contributed by atoms with van der Waals surface area (Å²) in [5.74, 6) is -0.161. The van der Waals surface area contributed by atoms with Crippen molar-refractivity contribution < 1.29 is 9.53 Å². The summed E-state index contributed by atoms with van der Waals surface area (Å²) >= 11 is 5.98. The minimum Gasteiger partial charge on any atom is -0.351 e. The first-order chi connectivity index (χ1) is 12.3. The maximum atomic E-state index is 13.0. The standard InChI is InChI=1S/C21H23ClN2O2/c1-21(2,3)26-19-14-13-18(15-9-11-17(22)12-10-15)23-24(19)20(25)16-7-5-4-6-8-16/h4-12,19H,13-14H2,1-3H3/t19-/m1/s1. The van der Waals surface area contributed by atoms with E-state index in [2.05, 4.69) is 5.10 Å². The Kier molecular flexibility index (Phi) is 5.44. The van der Waals surface area contributed by atoms with Gasteiger partial charge in [-0.25, -0.2) is 5.01 Å². The molecule has 136 valence electrons. The van der Waals surface area contributed by atoms with Crippen LogP contribution in [0.4, 0.5) is 0 Å². The highest BCUT2D eigenvalue weighted by atomic mass is 35.5. The Balaban J connectivity index is 1.95. The highest BCUT2D eigenvalue weighted by Crippen LogP contribution is 2.26. The third kappa shape index (κ3) is 4.51. The largest absolute Gasteiger partial charge is 0.351 e. The molecule has 1 aliphatic rings. The van der Waals surface area contributed by atoms with Gasteiger partial charge in [0, 0.05) is 10.6 Å². The van der Waals surface area contributed by atoms with Crippen LogP contribution < -0.4 is 0 Å². The topological polar surface area (TPSA) is 41.9 Å². The van der Waals surface area contributed by atoms with Crippen LogP contribution in [-0.4, -0.2) is 28.5 Å². The lowest BCUT2D eigenvalue weighted by Crippen LogP contribution is -2.45. The maximum Gasteiger partial charge on any atom is 0.276 e. The normalized spacial score (nSPS) is 17.8. The van der Waals surface area contributed by atoms with Gasteiger partial charge in [-0.15, -0.1) is 0 Å². The van der Waals surface area contributed by atoms with Crippen LogP contribution in [0.15, 0.2) is 59.7 Å². The van der Waals surface area contributed by atoms with Gasteiger partial charge >= 0.3 is 0 Å². The summed E-state index contributed by atoms with van der Waals surface area (Å²) in [7, 11) is 0. The van der Waals surface area contributed by atoms with Crippen molar-refractivity contribution >= 4 is 23.2 Å². The molecule has 2 aromatic rings. The van der Waals surface area contributed by atoms with Gasteiger partial charge < -0.3 is 4.74 Å². The Labute approximate surface area is 159 Å². The summed E-state index contributed by atoms with van der Waals surface area (Å²) in [6.07, 6.45) is 1.04. The molecule has 0 fully saturated rings. The van der Waals surface area contributed by atoms with E-state index >= 15 is 0 Å². The Bertz CT molecular complexity index is 795. The van der Waals surface area contributed by atoms with Gasteiger partial charge in [0.25, 0.3) is 5.91 Å².